The average Bonchev–Trinajstić information content (AvgIpc) is 2.26. The molecule has 0 unspecified atom stereocenters. The van der Waals surface area contributed by atoms with Gasteiger partial charge in [-0.1, -0.05) is 12.8 Å². The van der Waals surface area contributed by atoms with Gasteiger partial charge in [0.05, 0.1) is 7.11 Å². The van der Waals surface area contributed by atoms with E-state index in [4.69, 9.17) is 0 Å². The van der Waals surface area contributed by atoms with Crippen LogP contribution in [-0.2, 0) is 14.3 Å². The molecule has 15 heavy (non-hydrogen) atoms. The molecule has 1 saturated heterocycles. The van der Waals surface area contributed by atoms with E-state index in [1.807, 2.05) is 6.82 Å². The molecule has 0 N–H and O–H groups in total. The quantitative estimate of drug-likeness (QED) is 0.386. The van der Waals surface area contributed by atoms with Crippen LogP contribution in [0.15, 0.2) is 11.7 Å². The Balaban J connectivity index is 2.83. The minimum absolute atomic E-state index is 0.0198. The first kappa shape index (κ1) is 11.8. The SMILES string of the molecule is CB/C=C(/C(=O)OC)N1CCCCC1=O. The molecule has 5 heteroatoms. The van der Waals surface area contributed by atoms with Crippen molar-refractivity contribution in [1.82, 2.24) is 4.90 Å². The lowest BCUT2D eigenvalue weighted by Crippen LogP contribution is -2.37. The number of rotatable bonds is 3. The van der Waals surface area contributed by atoms with Crippen molar-refractivity contribution in [3.05, 3.63) is 11.7 Å². The minimum Gasteiger partial charge on any atom is -0.464 e. The van der Waals surface area contributed by atoms with Gasteiger partial charge < -0.3 is 9.64 Å². The summed E-state index contributed by atoms with van der Waals surface area (Å²) in [5.41, 5.74) is 0.393. The lowest BCUT2D eigenvalue weighted by Gasteiger charge is -2.27. The summed E-state index contributed by atoms with van der Waals surface area (Å²) < 4.78 is 4.67. The van der Waals surface area contributed by atoms with Crippen LogP contribution in [0, 0.1) is 0 Å². The number of methoxy groups -OCH3 is 1. The van der Waals surface area contributed by atoms with Gasteiger partial charge in [0, 0.05) is 13.0 Å². The maximum Gasteiger partial charge on any atom is 0.353 e. The molecule has 0 saturated carbocycles. The molecule has 0 spiro atoms. The van der Waals surface area contributed by atoms with Crippen LogP contribution in [0.5, 0.6) is 0 Å². The fourth-order valence-corrected chi connectivity index (χ4v) is 1.66. The van der Waals surface area contributed by atoms with Crippen molar-refractivity contribution in [1.29, 1.82) is 0 Å². The number of carbonyl (C=O) groups excluding carboxylic acids is 2. The molecule has 1 aliphatic heterocycles. The smallest absolute Gasteiger partial charge is 0.353 e. The van der Waals surface area contributed by atoms with E-state index in [0.29, 0.717) is 25.9 Å². The van der Waals surface area contributed by atoms with Crippen LogP contribution in [0.2, 0.25) is 6.82 Å². The highest BCUT2D eigenvalue weighted by Crippen LogP contribution is 2.16. The first-order valence-corrected chi connectivity index (χ1v) is 5.29. The predicted octanol–water partition coefficient (Wildman–Crippen LogP) is 0.498. The van der Waals surface area contributed by atoms with E-state index >= 15 is 0 Å². The van der Waals surface area contributed by atoms with Gasteiger partial charge in [-0.15, -0.1) is 0 Å². The Morgan fingerprint density at radius 1 is 1.53 bits per heavy atom. The molecule has 1 rings (SSSR count). The highest BCUT2D eigenvalue weighted by atomic mass is 16.5. The number of hydrogen-bond acceptors (Lipinski definition) is 3. The first-order chi connectivity index (χ1) is 7.20. The van der Waals surface area contributed by atoms with Crippen molar-refractivity contribution in [3.63, 3.8) is 0 Å². The fourth-order valence-electron chi connectivity index (χ4n) is 1.66. The lowest BCUT2D eigenvalue weighted by atomic mass is 9.81. The molecule has 0 atom stereocenters. The summed E-state index contributed by atoms with van der Waals surface area (Å²) in [4.78, 5) is 24.6. The van der Waals surface area contributed by atoms with E-state index in [1.54, 1.807) is 10.9 Å². The predicted molar refractivity (Wildman–Crippen MR) is 58.7 cm³/mol. The van der Waals surface area contributed by atoms with Gasteiger partial charge >= 0.3 is 5.97 Å². The summed E-state index contributed by atoms with van der Waals surface area (Å²) in [6.45, 7) is 2.55. The zero-order valence-corrected chi connectivity index (χ0v) is 9.28. The van der Waals surface area contributed by atoms with Gasteiger partial charge in [0.2, 0.25) is 5.91 Å². The van der Waals surface area contributed by atoms with E-state index in [1.165, 1.54) is 7.11 Å². The molecule has 0 bridgehead atoms. The summed E-state index contributed by atoms with van der Waals surface area (Å²) in [7, 11) is 2.05. The molecule has 0 aromatic rings. The second kappa shape index (κ2) is 5.58. The number of hydrogen-bond donors (Lipinski definition) is 0. The molecule has 0 aromatic carbocycles. The van der Waals surface area contributed by atoms with Crippen LogP contribution in [0.1, 0.15) is 19.3 Å². The Morgan fingerprint density at radius 3 is 2.80 bits per heavy atom. The molecule has 4 nitrogen and oxygen atoms in total. The summed E-state index contributed by atoms with van der Waals surface area (Å²) in [5, 5.41) is 0. The van der Waals surface area contributed by atoms with Crippen molar-refractivity contribution in [2.75, 3.05) is 13.7 Å². The maximum atomic E-state index is 11.6. The Morgan fingerprint density at radius 2 is 2.27 bits per heavy atom. The maximum absolute atomic E-state index is 11.6. The molecule has 1 amide bonds. The van der Waals surface area contributed by atoms with Gasteiger partial charge in [0.15, 0.2) is 0 Å². The summed E-state index contributed by atoms with van der Waals surface area (Å²) in [6.07, 6.45) is 2.39. The third kappa shape index (κ3) is 2.84. The highest BCUT2D eigenvalue weighted by molar-refractivity contribution is 6.41. The van der Waals surface area contributed by atoms with Crippen molar-refractivity contribution in [3.8, 4) is 0 Å². The second-order valence-electron chi connectivity index (χ2n) is 3.49. The van der Waals surface area contributed by atoms with Gasteiger partial charge in [-0.05, 0) is 12.8 Å². The van der Waals surface area contributed by atoms with Crippen molar-refractivity contribution in [2.45, 2.75) is 26.1 Å². The van der Waals surface area contributed by atoms with E-state index in [0.717, 1.165) is 12.8 Å². The molecule has 0 radical (unpaired) electrons. The average molecular weight is 209 g/mol. The zero-order chi connectivity index (χ0) is 11.3. The third-order valence-corrected chi connectivity index (χ3v) is 2.41. The molecule has 0 aliphatic carbocycles. The largest absolute Gasteiger partial charge is 0.464 e. The Bertz CT molecular complexity index is 288. The topological polar surface area (TPSA) is 46.6 Å². The van der Waals surface area contributed by atoms with E-state index in [9.17, 15) is 9.59 Å². The lowest BCUT2D eigenvalue weighted by molar-refractivity contribution is -0.143. The number of carbonyl (C=O) groups is 2. The molecule has 1 aliphatic rings. The second-order valence-corrected chi connectivity index (χ2v) is 3.49. The van der Waals surface area contributed by atoms with Gasteiger partial charge in [-0.25, -0.2) is 4.79 Å². The summed E-state index contributed by atoms with van der Waals surface area (Å²) >= 11 is 0. The number of piperidine rings is 1. The molecule has 1 heterocycles. The van der Waals surface area contributed by atoms with E-state index < -0.39 is 5.97 Å². The van der Waals surface area contributed by atoms with E-state index in [2.05, 4.69) is 4.74 Å². The van der Waals surface area contributed by atoms with Crippen LogP contribution in [-0.4, -0.2) is 37.7 Å². The van der Waals surface area contributed by atoms with Crippen LogP contribution < -0.4 is 0 Å². The molecule has 82 valence electrons. The van der Waals surface area contributed by atoms with E-state index in [-0.39, 0.29) is 5.91 Å². The van der Waals surface area contributed by atoms with Crippen molar-refractivity contribution in [2.24, 2.45) is 0 Å². The van der Waals surface area contributed by atoms with Crippen LogP contribution in [0.25, 0.3) is 0 Å². The summed E-state index contributed by atoms with van der Waals surface area (Å²) in [5.74, 6) is 1.34. The normalized spacial score (nSPS) is 17.6. The van der Waals surface area contributed by atoms with Gasteiger partial charge in [0.1, 0.15) is 13.0 Å². The van der Waals surface area contributed by atoms with Gasteiger partial charge in [-0.2, -0.15) is 0 Å². The number of likely N-dealkylation sites (tertiary alicyclic amines) is 1. The van der Waals surface area contributed by atoms with Crippen LogP contribution in [0.3, 0.4) is 0 Å². The standard InChI is InChI=1S/C10H16BNO3/c1-11-7-8(10(14)15-2)12-6-4-3-5-9(12)13/h7,11H,3-6H2,1-2H3/b8-7-. The van der Waals surface area contributed by atoms with Crippen LogP contribution in [0.4, 0.5) is 0 Å². The highest BCUT2D eigenvalue weighted by Gasteiger charge is 2.25. The first-order valence-electron chi connectivity index (χ1n) is 5.29. The third-order valence-electron chi connectivity index (χ3n) is 2.41. The van der Waals surface area contributed by atoms with Gasteiger partial charge in [0.25, 0.3) is 0 Å². The molecule has 0 aromatic heterocycles. The number of nitrogens with zero attached hydrogens (tertiary/aromatic N) is 1. The minimum atomic E-state index is -0.424. The Hall–Kier alpha value is -1.26. The Kier molecular flexibility index (Phi) is 4.40. The van der Waals surface area contributed by atoms with Gasteiger partial charge in [-0.3, -0.25) is 4.79 Å². The summed E-state index contributed by atoms with van der Waals surface area (Å²) in [6, 6.07) is 0. The van der Waals surface area contributed by atoms with Crippen molar-refractivity contribution >= 4 is 19.2 Å². The van der Waals surface area contributed by atoms with Crippen LogP contribution >= 0.6 is 0 Å². The number of amides is 1. The zero-order valence-electron chi connectivity index (χ0n) is 9.28. The number of esters is 1. The fraction of sp³-hybridized carbons (Fsp3) is 0.600. The number of ether oxygens (including phenoxy) is 1. The Labute approximate surface area is 90.5 Å². The molecular weight excluding hydrogens is 193 g/mol. The molecule has 1 fully saturated rings. The van der Waals surface area contributed by atoms with Crippen molar-refractivity contribution < 1.29 is 14.3 Å². The molecular formula is C10H16BNO3. The monoisotopic (exact) mass is 209 g/mol.